The lowest BCUT2D eigenvalue weighted by molar-refractivity contribution is -0.120. The lowest BCUT2D eigenvalue weighted by Gasteiger charge is -2.22. The Morgan fingerprint density at radius 3 is 2.90 bits per heavy atom. The highest BCUT2D eigenvalue weighted by Gasteiger charge is 2.17. The van der Waals surface area contributed by atoms with Crippen molar-refractivity contribution in [2.75, 3.05) is 0 Å². The van der Waals surface area contributed by atoms with Gasteiger partial charge in [-0.2, -0.15) is 0 Å². The molecule has 0 amide bonds. The fourth-order valence-electron chi connectivity index (χ4n) is 2.59. The van der Waals surface area contributed by atoms with Crippen molar-refractivity contribution in [1.29, 1.82) is 0 Å². The smallest absolute Gasteiger partial charge is 0.298 e. The van der Waals surface area contributed by atoms with Crippen molar-refractivity contribution in [2.24, 2.45) is 0 Å². The van der Waals surface area contributed by atoms with Crippen LogP contribution in [0.15, 0.2) is 36.9 Å². The molecular weight excluding hydrogens is 276 g/mol. The topological polar surface area (TPSA) is 44.1 Å². The van der Waals surface area contributed by atoms with E-state index in [1.807, 2.05) is 35.3 Å². The molecular formula is C15H15ClN2O2. The van der Waals surface area contributed by atoms with Crippen molar-refractivity contribution >= 4 is 30.1 Å². The predicted molar refractivity (Wildman–Crippen MR) is 79.7 cm³/mol. The Hall–Kier alpha value is -2.07. The minimum absolute atomic E-state index is 0. The summed E-state index contributed by atoms with van der Waals surface area (Å²) in [5.41, 5.74) is 4.89. The van der Waals surface area contributed by atoms with E-state index in [9.17, 15) is 4.79 Å². The van der Waals surface area contributed by atoms with Crippen LogP contribution in [0, 0.1) is 0 Å². The van der Waals surface area contributed by atoms with Gasteiger partial charge in [0.05, 0.1) is 6.33 Å². The molecule has 0 bridgehead atoms. The number of fused-ring (bicyclic) bond motifs is 1. The largest absolute Gasteiger partial charge is 0.429 e. The quantitative estimate of drug-likeness (QED) is 0.816. The molecule has 3 rings (SSSR count). The van der Waals surface area contributed by atoms with Gasteiger partial charge in [-0.15, -0.1) is 12.4 Å². The Morgan fingerprint density at radius 1 is 1.35 bits per heavy atom. The molecule has 0 saturated carbocycles. The molecule has 0 atom stereocenters. The van der Waals surface area contributed by atoms with Crippen LogP contribution in [0.5, 0.6) is 5.75 Å². The Kier molecular flexibility index (Phi) is 4.25. The number of allylic oxidation sites excluding steroid dienone is 2. The highest BCUT2D eigenvalue weighted by Crippen LogP contribution is 2.35. The summed E-state index contributed by atoms with van der Waals surface area (Å²) in [6.07, 6.45) is 7.53. The maximum atomic E-state index is 10.4. The van der Waals surface area contributed by atoms with Crippen LogP contribution in [0.4, 0.5) is 0 Å². The minimum Gasteiger partial charge on any atom is -0.429 e. The molecule has 1 aliphatic rings. The number of halogens is 1. The van der Waals surface area contributed by atoms with Crippen LogP contribution in [0.1, 0.15) is 24.5 Å². The summed E-state index contributed by atoms with van der Waals surface area (Å²) >= 11 is 0. The van der Waals surface area contributed by atoms with Crippen LogP contribution in [0.2, 0.25) is 0 Å². The highest BCUT2D eigenvalue weighted by atomic mass is 35.5. The van der Waals surface area contributed by atoms with Gasteiger partial charge in [0.25, 0.3) is 6.47 Å². The van der Waals surface area contributed by atoms with Gasteiger partial charge >= 0.3 is 0 Å². The van der Waals surface area contributed by atoms with Crippen LogP contribution < -0.4 is 4.74 Å². The third-order valence-corrected chi connectivity index (χ3v) is 3.55. The summed E-state index contributed by atoms with van der Waals surface area (Å²) in [5.74, 6) is 0.583. The number of aromatic nitrogens is 2. The summed E-state index contributed by atoms with van der Waals surface area (Å²) in [6.45, 7) is 2.55. The average molecular weight is 291 g/mol. The number of carbonyl (C=O) groups excluding carboxylic acids is 1. The van der Waals surface area contributed by atoms with Gasteiger partial charge in [0.15, 0.2) is 0 Å². The summed E-state index contributed by atoms with van der Waals surface area (Å²) < 4.78 is 6.97. The fourth-order valence-corrected chi connectivity index (χ4v) is 2.59. The summed E-state index contributed by atoms with van der Waals surface area (Å²) in [4.78, 5) is 14.5. The molecule has 1 aromatic carbocycles. The van der Waals surface area contributed by atoms with E-state index in [1.165, 1.54) is 16.8 Å². The molecule has 0 radical (unpaired) electrons. The molecule has 0 spiro atoms. The van der Waals surface area contributed by atoms with Crippen molar-refractivity contribution in [3.05, 3.63) is 48.0 Å². The van der Waals surface area contributed by atoms with Gasteiger partial charge in [0.1, 0.15) is 5.75 Å². The number of hydrogen-bond donors (Lipinski definition) is 0. The zero-order chi connectivity index (χ0) is 13.2. The maximum absolute atomic E-state index is 10.4. The molecule has 4 nitrogen and oxygen atoms in total. The fraction of sp³-hybridized carbons (Fsp3) is 0.200. The lowest BCUT2D eigenvalue weighted by Crippen LogP contribution is -2.07. The predicted octanol–water partition coefficient (Wildman–Crippen LogP) is 3.17. The van der Waals surface area contributed by atoms with Crippen molar-refractivity contribution in [1.82, 2.24) is 9.55 Å². The molecule has 2 aromatic rings. The zero-order valence-corrected chi connectivity index (χ0v) is 11.9. The number of aryl methyl sites for hydroxylation is 1. The number of imidazole rings is 1. The Morgan fingerprint density at radius 2 is 2.20 bits per heavy atom. The van der Waals surface area contributed by atoms with Crippen LogP contribution in [0.25, 0.3) is 11.3 Å². The lowest BCUT2D eigenvalue weighted by atomic mass is 9.89. The van der Waals surface area contributed by atoms with Gasteiger partial charge in [-0.3, -0.25) is 4.79 Å². The van der Waals surface area contributed by atoms with E-state index in [0.29, 0.717) is 12.2 Å². The second kappa shape index (κ2) is 5.92. The van der Waals surface area contributed by atoms with Gasteiger partial charge < -0.3 is 9.30 Å². The van der Waals surface area contributed by atoms with Gasteiger partial charge in [0, 0.05) is 18.1 Å². The second-order valence-electron chi connectivity index (χ2n) is 4.57. The maximum Gasteiger partial charge on any atom is 0.298 e. The van der Waals surface area contributed by atoms with E-state index in [4.69, 9.17) is 4.74 Å². The second-order valence-corrected chi connectivity index (χ2v) is 4.57. The number of carbonyl (C=O) groups is 1. The van der Waals surface area contributed by atoms with Crippen molar-refractivity contribution in [3.63, 3.8) is 0 Å². The summed E-state index contributed by atoms with van der Waals surface area (Å²) in [5, 5.41) is 0. The SMILES string of the molecule is CC1=C(n2ccnc2)CCc2ccc(OC=O)cc21.Cl. The number of benzene rings is 1. The number of nitrogens with zero attached hydrogens (tertiary/aromatic N) is 2. The van der Waals surface area contributed by atoms with Gasteiger partial charge in [-0.05, 0) is 48.6 Å². The van der Waals surface area contributed by atoms with Crippen molar-refractivity contribution < 1.29 is 9.53 Å². The molecule has 0 saturated heterocycles. The first-order valence-electron chi connectivity index (χ1n) is 6.21. The third-order valence-electron chi connectivity index (χ3n) is 3.55. The molecule has 20 heavy (non-hydrogen) atoms. The molecule has 1 aromatic heterocycles. The van der Waals surface area contributed by atoms with Crippen molar-refractivity contribution in [3.8, 4) is 5.75 Å². The van der Waals surface area contributed by atoms with Crippen LogP contribution in [-0.4, -0.2) is 16.0 Å². The van der Waals surface area contributed by atoms with E-state index < -0.39 is 0 Å². The number of rotatable bonds is 3. The molecule has 5 heteroatoms. The van der Waals surface area contributed by atoms with Gasteiger partial charge in [-0.25, -0.2) is 4.98 Å². The number of hydrogen-bond acceptors (Lipinski definition) is 3. The van der Waals surface area contributed by atoms with E-state index in [-0.39, 0.29) is 12.4 Å². The normalized spacial score (nSPS) is 13.4. The van der Waals surface area contributed by atoms with E-state index >= 15 is 0 Å². The molecule has 104 valence electrons. The van der Waals surface area contributed by atoms with Crippen LogP contribution in [-0.2, 0) is 11.2 Å². The summed E-state index contributed by atoms with van der Waals surface area (Å²) in [7, 11) is 0. The third kappa shape index (κ3) is 2.47. The molecule has 0 fully saturated rings. The average Bonchev–Trinajstić information content (AvgIpc) is 2.94. The molecule has 1 heterocycles. The van der Waals surface area contributed by atoms with Crippen LogP contribution in [0.3, 0.4) is 0 Å². The van der Waals surface area contributed by atoms with E-state index in [2.05, 4.69) is 11.9 Å². The van der Waals surface area contributed by atoms with Gasteiger partial charge in [0.2, 0.25) is 0 Å². The zero-order valence-electron chi connectivity index (χ0n) is 11.1. The first-order valence-corrected chi connectivity index (χ1v) is 6.21. The van der Waals surface area contributed by atoms with Crippen LogP contribution >= 0.6 is 12.4 Å². The summed E-state index contributed by atoms with van der Waals surface area (Å²) in [6, 6.07) is 5.79. The first kappa shape index (κ1) is 14.3. The van der Waals surface area contributed by atoms with Gasteiger partial charge in [-0.1, -0.05) is 6.07 Å². The Labute approximate surface area is 123 Å². The molecule has 1 aliphatic carbocycles. The monoisotopic (exact) mass is 290 g/mol. The molecule has 0 unspecified atom stereocenters. The minimum atomic E-state index is 0. The number of ether oxygens (including phenoxy) is 1. The first-order chi connectivity index (χ1) is 9.29. The highest BCUT2D eigenvalue weighted by molar-refractivity contribution is 5.86. The van der Waals surface area contributed by atoms with E-state index in [1.54, 1.807) is 6.20 Å². The molecule has 0 aliphatic heterocycles. The van der Waals surface area contributed by atoms with Crippen molar-refractivity contribution in [2.45, 2.75) is 19.8 Å². The Balaban J connectivity index is 0.00000147. The molecule has 0 N–H and O–H groups in total. The van der Waals surface area contributed by atoms with E-state index in [0.717, 1.165) is 18.4 Å². The standard InChI is InChI=1S/C15H14N2O2.ClH/c1-11-14-8-13(19-10-18)4-2-12(14)3-5-15(11)17-7-6-16-9-17;/h2,4,6-10H,3,5H2,1H3;1H. The Bertz CT molecular complexity index is 648.